The molecule has 3 nitrogen and oxygen atoms in total. The fourth-order valence-electron chi connectivity index (χ4n) is 1.14. The molecule has 2 N–H and O–H groups in total. The summed E-state index contributed by atoms with van der Waals surface area (Å²) in [4.78, 5) is 12.0. The first kappa shape index (κ1) is 11.8. The van der Waals surface area contributed by atoms with Crippen LogP contribution in [-0.2, 0) is 6.54 Å². The largest absolute Gasteiger partial charge is 0.351 e. The Morgan fingerprint density at radius 3 is 2.73 bits per heavy atom. The van der Waals surface area contributed by atoms with Crippen LogP contribution in [-0.4, -0.2) is 18.0 Å². The summed E-state index contributed by atoms with van der Waals surface area (Å²) in [5.41, 5.74) is 6.07. The van der Waals surface area contributed by atoms with Gasteiger partial charge in [-0.25, -0.2) is 9.18 Å². The lowest BCUT2D eigenvalue weighted by atomic mass is 10.1. The third-order valence-electron chi connectivity index (χ3n) is 2.11. The molecule has 1 aromatic rings. The summed E-state index contributed by atoms with van der Waals surface area (Å²) in [6, 6.07) is 2.27. The normalized spacial score (nSPS) is 10.1. The van der Waals surface area contributed by atoms with E-state index in [9.17, 15) is 9.18 Å². The molecule has 1 rings (SSSR count). The first-order valence-electron chi connectivity index (χ1n) is 4.37. The Kier molecular flexibility index (Phi) is 3.52. The fraction of sp³-hybridized carbons (Fsp3) is 0.300. The van der Waals surface area contributed by atoms with Crippen molar-refractivity contribution >= 4 is 17.6 Å². The number of halogens is 2. The molecular weight excluding hydrogens is 219 g/mol. The number of amides is 2. The number of primary amides is 1. The third kappa shape index (κ3) is 2.83. The van der Waals surface area contributed by atoms with Crippen LogP contribution in [0.15, 0.2) is 12.1 Å². The van der Waals surface area contributed by atoms with Crippen molar-refractivity contribution < 1.29 is 9.18 Å². The standard InChI is InChI=1S/C10H12ClFN2O/c1-6-3-8(11)7(4-9(6)12)5-14(2)10(13)15/h3-4H,5H2,1-2H3,(H2,13,15). The van der Waals surface area contributed by atoms with Crippen molar-refractivity contribution in [3.05, 3.63) is 34.1 Å². The number of rotatable bonds is 2. The predicted octanol–water partition coefficient (Wildman–Crippen LogP) is 2.30. The number of carbonyl (C=O) groups is 1. The van der Waals surface area contributed by atoms with E-state index in [0.29, 0.717) is 16.1 Å². The van der Waals surface area contributed by atoms with E-state index in [-0.39, 0.29) is 12.4 Å². The highest BCUT2D eigenvalue weighted by Gasteiger charge is 2.10. The van der Waals surface area contributed by atoms with Gasteiger partial charge in [0.25, 0.3) is 0 Å². The van der Waals surface area contributed by atoms with Gasteiger partial charge in [0.1, 0.15) is 5.82 Å². The van der Waals surface area contributed by atoms with E-state index in [0.717, 1.165) is 0 Å². The lowest BCUT2D eigenvalue weighted by molar-refractivity contribution is 0.216. The molecule has 0 atom stereocenters. The van der Waals surface area contributed by atoms with E-state index in [4.69, 9.17) is 17.3 Å². The van der Waals surface area contributed by atoms with Crippen LogP contribution in [0.5, 0.6) is 0 Å². The molecule has 0 aliphatic heterocycles. The SMILES string of the molecule is Cc1cc(Cl)c(CN(C)C(N)=O)cc1F. The number of hydrogen-bond donors (Lipinski definition) is 1. The number of hydrogen-bond acceptors (Lipinski definition) is 1. The monoisotopic (exact) mass is 230 g/mol. The van der Waals surface area contributed by atoms with Crippen molar-refractivity contribution in [2.24, 2.45) is 5.73 Å². The molecular formula is C10H12ClFN2O. The Morgan fingerprint density at radius 1 is 1.60 bits per heavy atom. The highest BCUT2D eigenvalue weighted by atomic mass is 35.5. The van der Waals surface area contributed by atoms with Gasteiger partial charge < -0.3 is 10.6 Å². The summed E-state index contributed by atoms with van der Waals surface area (Å²) in [6.45, 7) is 1.83. The second kappa shape index (κ2) is 4.49. The van der Waals surface area contributed by atoms with Crippen LogP contribution in [0.2, 0.25) is 5.02 Å². The van der Waals surface area contributed by atoms with Gasteiger partial charge in [-0.3, -0.25) is 0 Å². The highest BCUT2D eigenvalue weighted by molar-refractivity contribution is 6.31. The fourth-order valence-corrected chi connectivity index (χ4v) is 1.42. The van der Waals surface area contributed by atoms with Crippen molar-refractivity contribution in [2.45, 2.75) is 13.5 Å². The third-order valence-corrected chi connectivity index (χ3v) is 2.46. The summed E-state index contributed by atoms with van der Waals surface area (Å²) in [6.07, 6.45) is 0. The lowest BCUT2D eigenvalue weighted by Gasteiger charge is -2.15. The molecule has 0 aromatic heterocycles. The maximum Gasteiger partial charge on any atom is 0.314 e. The van der Waals surface area contributed by atoms with Crippen molar-refractivity contribution in [3.63, 3.8) is 0 Å². The molecule has 0 radical (unpaired) electrons. The number of nitrogens with zero attached hydrogens (tertiary/aromatic N) is 1. The van der Waals surface area contributed by atoms with Gasteiger partial charge in [0.05, 0.1) is 0 Å². The topological polar surface area (TPSA) is 46.3 Å². The summed E-state index contributed by atoms with van der Waals surface area (Å²) in [5.74, 6) is -0.340. The van der Waals surface area contributed by atoms with Gasteiger partial charge >= 0.3 is 6.03 Å². The van der Waals surface area contributed by atoms with Gasteiger partial charge in [0, 0.05) is 18.6 Å². The molecule has 0 unspecified atom stereocenters. The van der Waals surface area contributed by atoms with Crippen molar-refractivity contribution in [3.8, 4) is 0 Å². The van der Waals surface area contributed by atoms with Gasteiger partial charge in [-0.15, -0.1) is 0 Å². The Balaban J connectivity index is 2.95. The molecule has 1 aromatic carbocycles. The highest BCUT2D eigenvalue weighted by Crippen LogP contribution is 2.21. The predicted molar refractivity (Wildman–Crippen MR) is 57.2 cm³/mol. The van der Waals surface area contributed by atoms with Crippen LogP contribution in [0.25, 0.3) is 0 Å². The average Bonchev–Trinajstić information content (AvgIpc) is 2.13. The van der Waals surface area contributed by atoms with Crippen molar-refractivity contribution in [1.82, 2.24) is 4.90 Å². The summed E-state index contributed by atoms with van der Waals surface area (Å²) < 4.78 is 13.2. The van der Waals surface area contributed by atoms with E-state index in [2.05, 4.69) is 0 Å². The number of carbonyl (C=O) groups excluding carboxylic acids is 1. The molecule has 0 bridgehead atoms. The molecule has 0 saturated carbocycles. The van der Waals surface area contributed by atoms with Crippen LogP contribution >= 0.6 is 11.6 Å². The van der Waals surface area contributed by atoms with Gasteiger partial charge in [-0.05, 0) is 30.2 Å². The first-order valence-corrected chi connectivity index (χ1v) is 4.74. The van der Waals surface area contributed by atoms with E-state index in [1.807, 2.05) is 0 Å². The zero-order chi connectivity index (χ0) is 11.6. The van der Waals surface area contributed by atoms with Crippen LogP contribution in [0, 0.1) is 12.7 Å². The molecule has 2 amide bonds. The molecule has 0 fully saturated rings. The summed E-state index contributed by atoms with van der Waals surface area (Å²) >= 11 is 5.90. The second-order valence-corrected chi connectivity index (χ2v) is 3.79. The lowest BCUT2D eigenvalue weighted by Crippen LogP contribution is -2.31. The number of urea groups is 1. The molecule has 0 heterocycles. The zero-order valence-electron chi connectivity index (χ0n) is 8.55. The van der Waals surface area contributed by atoms with Gasteiger partial charge in [0.15, 0.2) is 0 Å². The molecule has 5 heteroatoms. The number of benzene rings is 1. The first-order chi connectivity index (χ1) is 6.91. The quantitative estimate of drug-likeness (QED) is 0.833. The Labute approximate surface area is 92.6 Å². The van der Waals surface area contributed by atoms with Crippen LogP contribution in [0.4, 0.5) is 9.18 Å². The molecule has 0 saturated heterocycles. The number of aryl methyl sites for hydroxylation is 1. The molecule has 0 aliphatic carbocycles. The molecule has 0 spiro atoms. The zero-order valence-corrected chi connectivity index (χ0v) is 9.31. The van der Waals surface area contributed by atoms with Crippen LogP contribution in [0.1, 0.15) is 11.1 Å². The minimum Gasteiger partial charge on any atom is -0.351 e. The van der Waals surface area contributed by atoms with Gasteiger partial charge in [-0.1, -0.05) is 11.6 Å². The molecule has 0 aliphatic rings. The minimum atomic E-state index is -0.577. The van der Waals surface area contributed by atoms with E-state index in [1.165, 1.54) is 24.1 Å². The molecule has 82 valence electrons. The van der Waals surface area contributed by atoms with Crippen LogP contribution < -0.4 is 5.73 Å². The van der Waals surface area contributed by atoms with E-state index < -0.39 is 6.03 Å². The average molecular weight is 231 g/mol. The maximum absolute atomic E-state index is 13.2. The summed E-state index contributed by atoms with van der Waals surface area (Å²) in [5, 5.41) is 0.432. The van der Waals surface area contributed by atoms with Gasteiger partial charge in [0.2, 0.25) is 0 Å². The van der Waals surface area contributed by atoms with Gasteiger partial charge in [-0.2, -0.15) is 0 Å². The Morgan fingerprint density at radius 2 is 2.20 bits per heavy atom. The Hall–Kier alpha value is -1.29. The number of nitrogens with two attached hydrogens (primary N) is 1. The maximum atomic E-state index is 13.2. The molecule has 15 heavy (non-hydrogen) atoms. The van der Waals surface area contributed by atoms with Crippen LogP contribution in [0.3, 0.4) is 0 Å². The second-order valence-electron chi connectivity index (χ2n) is 3.39. The van der Waals surface area contributed by atoms with E-state index in [1.54, 1.807) is 6.92 Å². The van der Waals surface area contributed by atoms with Crippen molar-refractivity contribution in [1.29, 1.82) is 0 Å². The van der Waals surface area contributed by atoms with Crippen molar-refractivity contribution in [2.75, 3.05) is 7.05 Å². The Bertz CT molecular complexity index is 395. The van der Waals surface area contributed by atoms with E-state index >= 15 is 0 Å². The smallest absolute Gasteiger partial charge is 0.314 e. The minimum absolute atomic E-state index is 0.200. The summed E-state index contributed by atoms with van der Waals surface area (Å²) in [7, 11) is 1.52.